The van der Waals surface area contributed by atoms with Crippen molar-refractivity contribution in [1.29, 1.82) is 0 Å². The van der Waals surface area contributed by atoms with Gasteiger partial charge >= 0.3 is 0 Å². The predicted octanol–water partition coefficient (Wildman–Crippen LogP) is 4.62. The zero-order valence-corrected chi connectivity index (χ0v) is 10.9. The van der Waals surface area contributed by atoms with Crippen LogP contribution in [-0.2, 0) is 0 Å². The normalized spacial score (nSPS) is 10.6. The summed E-state index contributed by atoms with van der Waals surface area (Å²) in [5.74, 6) is 0. The number of nitrogens with one attached hydrogen (secondary N) is 1. The molecule has 0 atom stereocenters. The van der Waals surface area contributed by atoms with E-state index < -0.39 is 0 Å². The van der Waals surface area contributed by atoms with Crippen LogP contribution in [0.1, 0.15) is 11.1 Å². The first-order chi connectivity index (χ1) is 7.90. The second kappa shape index (κ2) is 5.70. The average Bonchev–Trinajstić information content (AvgIpc) is 2.38. The van der Waals surface area contributed by atoms with Gasteiger partial charge in [0.15, 0.2) is 0 Å². The van der Waals surface area contributed by atoms with Gasteiger partial charge < -0.3 is 3.53 Å². The lowest BCUT2D eigenvalue weighted by molar-refractivity contribution is 1.64. The maximum atomic E-state index is 3.15. The maximum Gasteiger partial charge on any atom is 0.0560 e. The van der Waals surface area contributed by atoms with Gasteiger partial charge in [0.05, 0.1) is 28.6 Å². The smallest absolute Gasteiger partial charge is 0.0560 e. The third kappa shape index (κ3) is 2.85. The van der Waals surface area contributed by atoms with Crippen molar-refractivity contribution in [1.82, 2.24) is 0 Å². The number of hydrogen-bond donors (Lipinski definition) is 1. The largest absolute Gasteiger partial charge is 0.328 e. The van der Waals surface area contributed by atoms with E-state index in [0.717, 1.165) is 5.69 Å². The fourth-order valence-corrected chi connectivity index (χ4v) is 1.97. The molecule has 0 aliphatic heterocycles. The Kier molecular flexibility index (Phi) is 3.99. The molecule has 16 heavy (non-hydrogen) atoms. The molecule has 0 saturated carbocycles. The Morgan fingerprint density at radius 3 is 2.25 bits per heavy atom. The zero-order chi connectivity index (χ0) is 11.2. The first-order valence-corrected chi connectivity index (χ1v) is 6.17. The Bertz CT molecular complexity index is 477. The summed E-state index contributed by atoms with van der Waals surface area (Å²) in [7, 11) is 0. The molecule has 0 amide bonds. The highest BCUT2D eigenvalue weighted by molar-refractivity contribution is 14.1. The third-order valence-electron chi connectivity index (χ3n) is 2.32. The average molecular weight is 321 g/mol. The molecule has 2 heteroatoms. The van der Waals surface area contributed by atoms with E-state index in [9.17, 15) is 0 Å². The summed E-state index contributed by atoms with van der Waals surface area (Å²) in [6, 6.07) is 18.5. The van der Waals surface area contributed by atoms with Crippen LogP contribution in [0.4, 0.5) is 5.69 Å². The molecule has 0 saturated heterocycles. The van der Waals surface area contributed by atoms with E-state index in [1.54, 1.807) is 0 Å². The number of benzene rings is 2. The highest BCUT2D eigenvalue weighted by atomic mass is 127. The number of anilines is 1. The summed E-state index contributed by atoms with van der Waals surface area (Å²) in [4.78, 5) is 0. The Morgan fingerprint density at radius 2 is 1.50 bits per heavy atom. The highest BCUT2D eigenvalue weighted by Crippen LogP contribution is 2.19. The fourth-order valence-electron chi connectivity index (χ4n) is 1.48. The standard InChI is InChI=1S/C14H12IN/c15-16-14-9-5-4-8-13(14)11-10-12-6-2-1-3-7-12/h1-11,16H. The van der Waals surface area contributed by atoms with Crippen LogP contribution in [0.5, 0.6) is 0 Å². The van der Waals surface area contributed by atoms with E-state index in [2.05, 4.69) is 62.8 Å². The van der Waals surface area contributed by atoms with Crippen LogP contribution in [-0.4, -0.2) is 0 Å². The van der Waals surface area contributed by atoms with Crippen molar-refractivity contribution in [2.24, 2.45) is 0 Å². The molecule has 0 spiro atoms. The molecule has 2 rings (SSSR count). The lowest BCUT2D eigenvalue weighted by Gasteiger charge is -2.02. The summed E-state index contributed by atoms with van der Waals surface area (Å²) in [6.07, 6.45) is 4.24. The van der Waals surface area contributed by atoms with Crippen molar-refractivity contribution >= 4 is 40.7 Å². The Morgan fingerprint density at radius 1 is 0.812 bits per heavy atom. The summed E-state index contributed by atoms with van der Waals surface area (Å²) < 4.78 is 3.15. The van der Waals surface area contributed by atoms with Crippen LogP contribution in [0.2, 0.25) is 0 Å². The molecule has 0 bridgehead atoms. The molecule has 1 nitrogen and oxygen atoms in total. The van der Waals surface area contributed by atoms with E-state index in [-0.39, 0.29) is 0 Å². The molecule has 0 fully saturated rings. The van der Waals surface area contributed by atoms with Gasteiger partial charge in [0.25, 0.3) is 0 Å². The lowest BCUT2D eigenvalue weighted by Crippen LogP contribution is -1.83. The van der Waals surface area contributed by atoms with Crippen molar-refractivity contribution in [3.63, 3.8) is 0 Å². The highest BCUT2D eigenvalue weighted by Gasteiger charge is 1.94. The van der Waals surface area contributed by atoms with Crippen LogP contribution in [0, 0.1) is 0 Å². The summed E-state index contributed by atoms with van der Waals surface area (Å²) in [5, 5.41) is 0. The minimum absolute atomic E-state index is 1.13. The van der Waals surface area contributed by atoms with Crippen LogP contribution in [0.15, 0.2) is 54.6 Å². The van der Waals surface area contributed by atoms with Gasteiger partial charge in [0, 0.05) is 0 Å². The molecular weight excluding hydrogens is 309 g/mol. The molecule has 80 valence electrons. The first kappa shape index (κ1) is 11.2. The molecule has 2 aromatic carbocycles. The Hall–Kier alpha value is -1.29. The molecular formula is C14H12IN. The van der Waals surface area contributed by atoms with Gasteiger partial charge in [-0.1, -0.05) is 60.7 Å². The molecule has 0 aliphatic carbocycles. The van der Waals surface area contributed by atoms with E-state index in [1.165, 1.54) is 11.1 Å². The summed E-state index contributed by atoms with van der Waals surface area (Å²) in [6.45, 7) is 0. The van der Waals surface area contributed by atoms with Crippen molar-refractivity contribution in [3.8, 4) is 0 Å². The minimum atomic E-state index is 1.13. The van der Waals surface area contributed by atoms with E-state index in [0.29, 0.717) is 0 Å². The third-order valence-corrected chi connectivity index (χ3v) is 2.90. The number of rotatable bonds is 3. The van der Waals surface area contributed by atoms with E-state index in [4.69, 9.17) is 0 Å². The van der Waals surface area contributed by atoms with Gasteiger partial charge in [-0.25, -0.2) is 0 Å². The van der Waals surface area contributed by atoms with Crippen LogP contribution < -0.4 is 3.53 Å². The van der Waals surface area contributed by atoms with E-state index >= 15 is 0 Å². The van der Waals surface area contributed by atoms with Gasteiger partial charge in [-0.05, 0) is 17.2 Å². The molecule has 0 heterocycles. The molecule has 0 aliphatic rings. The second-order valence-corrected chi connectivity index (χ2v) is 3.97. The van der Waals surface area contributed by atoms with Crippen molar-refractivity contribution in [2.45, 2.75) is 0 Å². The monoisotopic (exact) mass is 321 g/mol. The number of hydrogen-bond acceptors (Lipinski definition) is 1. The Balaban J connectivity index is 2.24. The topological polar surface area (TPSA) is 12.0 Å². The summed E-state index contributed by atoms with van der Waals surface area (Å²) in [5.41, 5.74) is 3.54. The van der Waals surface area contributed by atoms with E-state index in [1.807, 2.05) is 30.3 Å². The first-order valence-electron chi connectivity index (χ1n) is 5.09. The van der Waals surface area contributed by atoms with Crippen molar-refractivity contribution < 1.29 is 0 Å². The Labute approximate surface area is 110 Å². The molecule has 2 aromatic rings. The van der Waals surface area contributed by atoms with Crippen molar-refractivity contribution in [2.75, 3.05) is 3.53 Å². The van der Waals surface area contributed by atoms with Gasteiger partial charge in [-0.2, -0.15) is 0 Å². The minimum Gasteiger partial charge on any atom is -0.328 e. The molecule has 0 radical (unpaired) electrons. The van der Waals surface area contributed by atoms with Gasteiger partial charge in [0.1, 0.15) is 0 Å². The second-order valence-electron chi connectivity index (χ2n) is 3.43. The van der Waals surface area contributed by atoms with Gasteiger partial charge in [-0.15, -0.1) is 0 Å². The summed E-state index contributed by atoms with van der Waals surface area (Å²) >= 11 is 2.15. The molecule has 1 N–H and O–H groups in total. The number of halogens is 1. The van der Waals surface area contributed by atoms with Gasteiger partial charge in [-0.3, -0.25) is 0 Å². The van der Waals surface area contributed by atoms with Crippen LogP contribution in [0.3, 0.4) is 0 Å². The van der Waals surface area contributed by atoms with Crippen molar-refractivity contribution in [3.05, 3.63) is 65.7 Å². The zero-order valence-electron chi connectivity index (χ0n) is 8.73. The fraction of sp³-hybridized carbons (Fsp3) is 0. The number of para-hydroxylation sites is 1. The van der Waals surface area contributed by atoms with Gasteiger partial charge in [0.2, 0.25) is 0 Å². The predicted molar refractivity (Wildman–Crippen MR) is 79.5 cm³/mol. The molecule has 0 unspecified atom stereocenters. The lowest BCUT2D eigenvalue weighted by atomic mass is 10.1. The maximum absolute atomic E-state index is 3.15. The molecule has 0 aromatic heterocycles. The van der Waals surface area contributed by atoms with Crippen LogP contribution >= 0.6 is 22.9 Å². The van der Waals surface area contributed by atoms with Crippen LogP contribution in [0.25, 0.3) is 12.2 Å². The SMILES string of the molecule is INc1ccccc1C=Cc1ccccc1. The quantitative estimate of drug-likeness (QED) is 0.494.